The van der Waals surface area contributed by atoms with Crippen LogP contribution in [0.3, 0.4) is 0 Å². The molecule has 8 rings (SSSR count). The Hall–Kier alpha value is -6.60. The van der Waals surface area contributed by atoms with E-state index < -0.39 is 21.7 Å². The molecule has 1 atom stereocenters. The number of H-pyrrole nitrogens is 1. The molecule has 16 heteroatoms. The fourth-order valence-corrected chi connectivity index (χ4v) is 10.2. The number of anilines is 1. The van der Waals surface area contributed by atoms with Crippen LogP contribution in [0.2, 0.25) is 5.02 Å². The first-order valence-corrected chi connectivity index (χ1v) is 22.7. The van der Waals surface area contributed by atoms with Gasteiger partial charge in [-0.1, -0.05) is 60.1 Å². The van der Waals surface area contributed by atoms with Gasteiger partial charge in [-0.15, -0.1) is 21.5 Å². The van der Waals surface area contributed by atoms with Gasteiger partial charge >= 0.3 is 5.97 Å². The van der Waals surface area contributed by atoms with E-state index in [1.807, 2.05) is 63.5 Å². The number of hydrogen-bond donors (Lipinski definition) is 3. The first-order valence-electron chi connectivity index (χ1n) is 20.1. The number of aromatic nitrogens is 4. The fraction of sp³-hybridized carbons (Fsp3) is 0.234. The van der Waals surface area contributed by atoms with E-state index in [1.165, 1.54) is 12.1 Å². The minimum absolute atomic E-state index is 0.00647. The highest BCUT2D eigenvalue weighted by atomic mass is 35.5. The van der Waals surface area contributed by atoms with Crippen LogP contribution in [-0.2, 0) is 26.1 Å². The Morgan fingerprint density at radius 2 is 1.68 bits per heavy atom. The Morgan fingerprint density at radius 3 is 2.37 bits per heavy atom. The van der Waals surface area contributed by atoms with E-state index in [4.69, 9.17) is 21.3 Å². The molecule has 3 aromatic heterocycles. The van der Waals surface area contributed by atoms with E-state index >= 15 is 0 Å². The summed E-state index contributed by atoms with van der Waals surface area (Å²) in [4.78, 5) is 35.8. The maximum Gasteiger partial charge on any atom is 0.308 e. The number of ether oxygens (including phenoxy) is 1. The molecule has 0 radical (unpaired) electrons. The number of rotatable bonds is 10. The molecule has 7 aromatic rings. The molecule has 1 aliphatic heterocycles. The Bertz CT molecular complexity index is 3150. The van der Waals surface area contributed by atoms with Gasteiger partial charge in [0.2, 0.25) is 0 Å². The number of carbonyl (C=O) groups is 2. The summed E-state index contributed by atoms with van der Waals surface area (Å²) in [5.41, 5.74) is 7.72. The van der Waals surface area contributed by atoms with Crippen LogP contribution in [-0.4, -0.2) is 51.4 Å². The molecule has 0 fully saturated rings. The predicted octanol–water partition coefficient (Wildman–Crippen LogP) is 9.59. The number of fused-ring (bicyclic) bond motifs is 4. The molecule has 63 heavy (non-hydrogen) atoms. The molecule has 4 heterocycles. The number of aliphatic imine (C=N–C) groups is 1. The van der Waals surface area contributed by atoms with E-state index in [0.717, 1.165) is 49.0 Å². The minimum Gasteiger partial charge on any atom is -0.460 e. The SMILES string of the molecule is Cc1sc2c(c1C)C(c1ccc(-c3ccc(C(=O)NCc4ccc(S(=O)(=O)Nc5ccc(C)c6c(C#N)c[nH]c56)cc4)cc3Cl)cc1)=N[C@@H](CC(=O)OC(C)(C)C)c1nnc(C)n1-2. The first-order chi connectivity index (χ1) is 29.9. The van der Waals surface area contributed by atoms with Crippen molar-refractivity contribution in [2.24, 2.45) is 4.99 Å². The second-order valence-electron chi connectivity index (χ2n) is 16.4. The van der Waals surface area contributed by atoms with E-state index in [9.17, 15) is 23.3 Å². The minimum atomic E-state index is -3.96. The molecule has 0 saturated carbocycles. The third-order valence-corrected chi connectivity index (χ3v) is 13.7. The summed E-state index contributed by atoms with van der Waals surface area (Å²) in [6.45, 7) is 13.6. The molecule has 0 bridgehead atoms. The second-order valence-corrected chi connectivity index (χ2v) is 19.7. The number of nitrogens with one attached hydrogen (secondary N) is 3. The van der Waals surface area contributed by atoms with Crippen LogP contribution in [0, 0.1) is 39.0 Å². The van der Waals surface area contributed by atoms with Crippen LogP contribution in [0.4, 0.5) is 5.69 Å². The normalized spacial score (nSPS) is 13.7. The van der Waals surface area contributed by atoms with Crippen LogP contribution >= 0.6 is 22.9 Å². The smallest absolute Gasteiger partial charge is 0.308 e. The third-order valence-electron chi connectivity index (χ3n) is 10.8. The van der Waals surface area contributed by atoms with Gasteiger partial charge in [0.15, 0.2) is 5.82 Å². The number of aromatic amines is 1. The molecule has 1 amide bonds. The largest absolute Gasteiger partial charge is 0.460 e. The highest BCUT2D eigenvalue weighted by Crippen LogP contribution is 2.40. The van der Waals surface area contributed by atoms with E-state index in [2.05, 4.69) is 45.1 Å². The predicted molar refractivity (Wildman–Crippen MR) is 245 cm³/mol. The van der Waals surface area contributed by atoms with Crippen molar-refractivity contribution in [2.75, 3.05) is 4.72 Å². The lowest BCUT2D eigenvalue weighted by Crippen LogP contribution is -2.25. The Labute approximate surface area is 373 Å². The maximum absolute atomic E-state index is 13.3. The van der Waals surface area contributed by atoms with Crippen LogP contribution in [0.5, 0.6) is 0 Å². The third kappa shape index (κ3) is 8.49. The molecule has 0 aliphatic carbocycles. The monoisotopic (exact) mass is 898 g/mol. The standard InChI is InChI=1S/C47H43ClN8O5S2/c1-25-8-19-37(43-40(25)33(22-49)24-50-43)55-63(59,60)34-16-9-29(10-17-34)23-51-45(58)32-15-18-35(36(48)20-32)30-11-13-31(14-12-30)42-41-26(2)27(3)62-46(41)56-28(4)53-54-44(56)38(52-42)21-39(57)61-47(5,6)7/h8-20,24,38,50,55H,21,23H2,1-7H3,(H,51,58)/t38-/m0/s1. The number of thiophene rings is 1. The highest BCUT2D eigenvalue weighted by molar-refractivity contribution is 7.92. The van der Waals surface area contributed by atoms with Crippen molar-refractivity contribution in [3.63, 3.8) is 0 Å². The van der Waals surface area contributed by atoms with Gasteiger partial charge in [-0.2, -0.15) is 5.26 Å². The molecule has 3 N–H and O–H groups in total. The van der Waals surface area contributed by atoms with Gasteiger partial charge in [0.05, 0.1) is 33.8 Å². The Morgan fingerprint density at radius 1 is 0.968 bits per heavy atom. The van der Waals surface area contributed by atoms with Crippen molar-refractivity contribution in [3.05, 3.63) is 146 Å². The summed E-state index contributed by atoms with van der Waals surface area (Å²) < 4.78 is 36.9. The van der Waals surface area contributed by atoms with Crippen molar-refractivity contribution in [1.29, 1.82) is 5.26 Å². The van der Waals surface area contributed by atoms with Crippen LogP contribution in [0.25, 0.3) is 27.0 Å². The van der Waals surface area contributed by atoms with E-state index in [1.54, 1.807) is 60.0 Å². The zero-order valence-corrected chi connectivity index (χ0v) is 37.9. The zero-order chi connectivity index (χ0) is 45.0. The van der Waals surface area contributed by atoms with Crippen molar-refractivity contribution < 1.29 is 22.7 Å². The Balaban J connectivity index is 0.970. The number of esters is 1. The second kappa shape index (κ2) is 16.6. The number of amides is 1. The Kier molecular flexibility index (Phi) is 11.3. The molecule has 4 aromatic carbocycles. The van der Waals surface area contributed by atoms with Crippen LogP contribution < -0.4 is 10.0 Å². The topological polar surface area (TPSA) is 184 Å². The lowest BCUT2D eigenvalue weighted by atomic mass is 9.96. The first kappa shape index (κ1) is 43.1. The molecule has 0 unspecified atom stereocenters. The van der Waals surface area contributed by atoms with Crippen molar-refractivity contribution >= 4 is 67.1 Å². The fourth-order valence-electron chi connectivity index (χ4n) is 7.63. The maximum atomic E-state index is 13.3. The van der Waals surface area contributed by atoms with Crippen molar-refractivity contribution in [3.8, 4) is 22.2 Å². The summed E-state index contributed by atoms with van der Waals surface area (Å²) in [7, 11) is -3.96. The van der Waals surface area contributed by atoms with Crippen molar-refractivity contribution in [2.45, 2.75) is 78.0 Å². The van der Waals surface area contributed by atoms with Gasteiger partial charge in [0.1, 0.15) is 28.5 Å². The van der Waals surface area contributed by atoms with Gasteiger partial charge in [0, 0.05) is 50.3 Å². The molecule has 0 saturated heterocycles. The van der Waals surface area contributed by atoms with Gasteiger partial charge in [-0.25, -0.2) is 8.42 Å². The number of sulfonamides is 1. The number of carbonyl (C=O) groups excluding carboxylic acids is 2. The molecular weight excluding hydrogens is 856 g/mol. The number of nitriles is 1. The number of hydrogen-bond acceptors (Lipinski definition) is 10. The van der Waals surface area contributed by atoms with Crippen molar-refractivity contribution in [1.82, 2.24) is 25.1 Å². The van der Waals surface area contributed by atoms with Crippen LogP contribution in [0.15, 0.2) is 94.9 Å². The molecule has 13 nitrogen and oxygen atoms in total. The lowest BCUT2D eigenvalue weighted by molar-refractivity contribution is -0.155. The summed E-state index contributed by atoms with van der Waals surface area (Å²) in [5.74, 6) is 0.550. The number of nitrogens with zero attached hydrogens (tertiary/aromatic N) is 5. The average Bonchev–Trinajstić information content (AvgIpc) is 3.91. The van der Waals surface area contributed by atoms with E-state index in [-0.39, 0.29) is 29.7 Å². The van der Waals surface area contributed by atoms with Crippen LogP contribution in [0.1, 0.15) is 93.5 Å². The number of halogens is 1. The summed E-state index contributed by atoms with van der Waals surface area (Å²) in [6, 6.07) is 24.1. The molecule has 0 spiro atoms. The number of aryl methyl sites for hydroxylation is 3. The molecule has 1 aliphatic rings. The average molecular weight is 899 g/mol. The quantitative estimate of drug-likeness (QED) is 0.113. The zero-order valence-electron chi connectivity index (χ0n) is 35.5. The van der Waals surface area contributed by atoms with Gasteiger partial charge in [-0.3, -0.25) is 23.9 Å². The summed E-state index contributed by atoms with van der Waals surface area (Å²) in [5, 5.41) is 23.2. The lowest BCUT2D eigenvalue weighted by Gasteiger charge is -2.21. The summed E-state index contributed by atoms with van der Waals surface area (Å²) in [6.07, 6.45) is 1.55. The van der Waals surface area contributed by atoms with Gasteiger partial charge in [-0.05, 0) is 101 Å². The molecule has 320 valence electrons. The van der Waals surface area contributed by atoms with Gasteiger partial charge < -0.3 is 15.0 Å². The molecular formula is C47H43ClN8O5S2. The number of benzene rings is 4. The summed E-state index contributed by atoms with van der Waals surface area (Å²) >= 11 is 8.45. The highest BCUT2D eigenvalue weighted by Gasteiger charge is 2.33. The van der Waals surface area contributed by atoms with Gasteiger partial charge in [0.25, 0.3) is 15.9 Å². The van der Waals surface area contributed by atoms with E-state index in [0.29, 0.717) is 50.0 Å².